The number of rotatable bonds is 1. The summed E-state index contributed by atoms with van der Waals surface area (Å²) >= 11 is 0. The molecule has 1 N–H and O–H groups in total. The van der Waals surface area contributed by atoms with E-state index in [1.165, 1.54) is 0 Å². The van der Waals surface area contributed by atoms with Crippen molar-refractivity contribution < 1.29 is 32.6 Å². The number of benzene rings is 1. The summed E-state index contributed by atoms with van der Waals surface area (Å²) in [5, 5.41) is 7.12. The Hall–Kier alpha value is -2.13. The molecule has 0 spiro atoms. The lowest BCUT2D eigenvalue weighted by Gasteiger charge is -2.35. The summed E-state index contributed by atoms with van der Waals surface area (Å²) in [5.74, 6) is -2.52. The number of nitrogens with zero attached hydrogens (tertiary/aromatic N) is 2. The third-order valence-electron chi connectivity index (χ3n) is 4.30. The van der Waals surface area contributed by atoms with Crippen molar-refractivity contribution in [3.63, 3.8) is 0 Å². The van der Waals surface area contributed by atoms with E-state index in [-0.39, 0.29) is 17.9 Å². The monoisotopic (exact) mass is 374 g/mol. The number of fused-ring (bicyclic) bond motifs is 1. The number of aliphatic carboxylic acids is 1. The molecule has 0 aromatic heterocycles. The molecule has 0 bridgehead atoms. The van der Waals surface area contributed by atoms with Crippen molar-refractivity contribution in [3.8, 4) is 0 Å². The third kappa shape index (κ3) is 5.18. The van der Waals surface area contributed by atoms with Gasteiger partial charge in [0.05, 0.1) is 18.6 Å². The molecule has 2 aliphatic rings. The van der Waals surface area contributed by atoms with Gasteiger partial charge in [-0.25, -0.2) is 4.79 Å². The van der Waals surface area contributed by atoms with Gasteiger partial charge in [0.2, 0.25) is 5.91 Å². The quantitative estimate of drug-likeness (QED) is 0.814. The highest BCUT2D eigenvalue weighted by Gasteiger charge is 2.39. The summed E-state index contributed by atoms with van der Waals surface area (Å²) < 4.78 is 37.6. The number of hydrogen-bond donors (Lipinski definition) is 1. The summed E-state index contributed by atoms with van der Waals surface area (Å²) in [6.45, 7) is 3.10. The normalized spacial score (nSPS) is 24.2. The van der Waals surface area contributed by atoms with E-state index < -0.39 is 12.1 Å². The second kappa shape index (κ2) is 8.50. The third-order valence-corrected chi connectivity index (χ3v) is 4.30. The van der Waals surface area contributed by atoms with E-state index >= 15 is 0 Å². The average molecular weight is 374 g/mol. The van der Waals surface area contributed by atoms with Crippen LogP contribution in [0.2, 0.25) is 0 Å². The molecule has 144 valence electrons. The molecule has 2 heterocycles. The Balaban J connectivity index is 0.000000298. The number of ether oxygens (including phenoxy) is 1. The summed E-state index contributed by atoms with van der Waals surface area (Å²) in [4.78, 5) is 25.7. The molecule has 0 saturated carbocycles. The van der Waals surface area contributed by atoms with Gasteiger partial charge in [0.1, 0.15) is 0 Å². The highest BCUT2D eigenvalue weighted by atomic mass is 19.4. The predicted octanol–water partition coefficient (Wildman–Crippen LogP) is 2.00. The first kappa shape index (κ1) is 20.2. The number of likely N-dealkylation sites (tertiary alicyclic amines) is 1. The Morgan fingerprint density at radius 1 is 1.23 bits per heavy atom. The number of para-hydroxylation sites is 1. The first-order valence-electron chi connectivity index (χ1n) is 8.17. The SMILES string of the molecule is CN1CC[C@H]2C(=O)N(c3ccccc3)CCO[C@H]2C1.O=C(O)C(F)(F)F. The van der Waals surface area contributed by atoms with Crippen molar-refractivity contribution in [1.82, 2.24) is 4.90 Å². The van der Waals surface area contributed by atoms with Gasteiger partial charge >= 0.3 is 12.1 Å². The largest absolute Gasteiger partial charge is 0.490 e. The molecule has 3 rings (SSSR count). The number of halogens is 3. The maximum absolute atomic E-state index is 12.7. The van der Waals surface area contributed by atoms with Crippen LogP contribution in [0, 0.1) is 5.92 Å². The number of amides is 1. The van der Waals surface area contributed by atoms with Crippen LogP contribution in [0.5, 0.6) is 0 Å². The molecule has 2 fully saturated rings. The molecule has 2 aliphatic heterocycles. The average Bonchev–Trinajstić information content (AvgIpc) is 2.74. The summed E-state index contributed by atoms with van der Waals surface area (Å²) in [7, 11) is 2.09. The number of carbonyl (C=O) groups excluding carboxylic acids is 1. The van der Waals surface area contributed by atoms with Crippen molar-refractivity contribution in [1.29, 1.82) is 0 Å². The molecule has 26 heavy (non-hydrogen) atoms. The number of piperidine rings is 1. The van der Waals surface area contributed by atoms with E-state index in [1.54, 1.807) is 0 Å². The first-order chi connectivity index (χ1) is 12.2. The molecular weight excluding hydrogens is 353 g/mol. The Labute approximate surface area is 149 Å². The van der Waals surface area contributed by atoms with Crippen LogP contribution in [0.4, 0.5) is 18.9 Å². The van der Waals surface area contributed by atoms with E-state index in [1.807, 2.05) is 35.2 Å². The minimum Gasteiger partial charge on any atom is -0.475 e. The van der Waals surface area contributed by atoms with Crippen LogP contribution >= 0.6 is 0 Å². The molecule has 0 aliphatic carbocycles. The predicted molar refractivity (Wildman–Crippen MR) is 87.8 cm³/mol. The summed E-state index contributed by atoms with van der Waals surface area (Å²) in [6, 6.07) is 9.90. The van der Waals surface area contributed by atoms with Gasteiger partial charge in [-0.3, -0.25) is 4.79 Å². The Bertz CT molecular complexity index is 624. The fraction of sp³-hybridized carbons (Fsp3) is 0.529. The molecule has 0 radical (unpaired) electrons. The second-order valence-electron chi connectivity index (χ2n) is 6.19. The van der Waals surface area contributed by atoms with Crippen molar-refractivity contribution >= 4 is 17.6 Å². The molecule has 2 atom stereocenters. The number of alkyl halides is 3. The second-order valence-corrected chi connectivity index (χ2v) is 6.19. The minimum absolute atomic E-state index is 0.0129. The standard InChI is InChI=1S/C15H20N2O2.C2HF3O2/c1-16-8-7-13-14(11-16)19-10-9-17(15(13)18)12-5-3-2-4-6-12;3-2(4,5)1(6)7/h2-6,13-14H,7-11H2,1H3;(H,6,7)/t13-,14+;/m1./s1. The Morgan fingerprint density at radius 2 is 1.85 bits per heavy atom. The van der Waals surface area contributed by atoms with Crippen LogP contribution in [-0.2, 0) is 14.3 Å². The van der Waals surface area contributed by atoms with Crippen LogP contribution in [0.3, 0.4) is 0 Å². The fourth-order valence-electron chi connectivity index (χ4n) is 2.99. The van der Waals surface area contributed by atoms with Crippen LogP contribution in [-0.4, -0.2) is 67.5 Å². The van der Waals surface area contributed by atoms with Crippen molar-refractivity contribution in [3.05, 3.63) is 30.3 Å². The van der Waals surface area contributed by atoms with Crippen LogP contribution in [0.25, 0.3) is 0 Å². The van der Waals surface area contributed by atoms with Crippen molar-refractivity contribution in [2.24, 2.45) is 5.92 Å². The first-order valence-corrected chi connectivity index (χ1v) is 8.17. The molecule has 6 nitrogen and oxygen atoms in total. The van der Waals surface area contributed by atoms with E-state index in [0.717, 1.165) is 25.2 Å². The Morgan fingerprint density at radius 3 is 2.42 bits per heavy atom. The Kier molecular flexibility index (Phi) is 6.60. The smallest absolute Gasteiger partial charge is 0.475 e. The van der Waals surface area contributed by atoms with Crippen LogP contribution < -0.4 is 4.90 Å². The molecule has 9 heteroatoms. The molecule has 0 unspecified atom stereocenters. The lowest BCUT2D eigenvalue weighted by Crippen LogP contribution is -2.48. The van der Waals surface area contributed by atoms with Gasteiger partial charge in [0.25, 0.3) is 0 Å². The van der Waals surface area contributed by atoms with Crippen LogP contribution in [0.15, 0.2) is 30.3 Å². The van der Waals surface area contributed by atoms with Gasteiger partial charge in [-0.15, -0.1) is 0 Å². The zero-order valence-electron chi connectivity index (χ0n) is 14.3. The molecular formula is C17H21F3N2O4. The maximum Gasteiger partial charge on any atom is 0.490 e. The fourth-order valence-corrected chi connectivity index (χ4v) is 2.99. The van der Waals surface area contributed by atoms with Gasteiger partial charge in [0.15, 0.2) is 0 Å². The van der Waals surface area contributed by atoms with E-state index in [2.05, 4.69) is 11.9 Å². The summed E-state index contributed by atoms with van der Waals surface area (Å²) in [5.41, 5.74) is 0.982. The zero-order valence-corrected chi connectivity index (χ0v) is 14.3. The number of carbonyl (C=O) groups is 2. The molecule has 1 aromatic carbocycles. The number of carboxylic acid groups (broad SMARTS) is 1. The highest BCUT2D eigenvalue weighted by Crippen LogP contribution is 2.27. The topological polar surface area (TPSA) is 70.1 Å². The van der Waals surface area contributed by atoms with Crippen molar-refractivity contribution in [2.75, 3.05) is 38.2 Å². The lowest BCUT2D eigenvalue weighted by atomic mass is 9.92. The lowest BCUT2D eigenvalue weighted by molar-refractivity contribution is -0.192. The maximum atomic E-state index is 12.7. The number of anilines is 1. The minimum atomic E-state index is -5.08. The van der Waals surface area contributed by atoms with Gasteiger partial charge in [-0.1, -0.05) is 18.2 Å². The number of hydrogen-bond acceptors (Lipinski definition) is 4. The van der Waals surface area contributed by atoms with Crippen LogP contribution in [0.1, 0.15) is 6.42 Å². The van der Waals surface area contributed by atoms with E-state index in [0.29, 0.717) is 13.2 Å². The summed E-state index contributed by atoms with van der Waals surface area (Å²) in [6.07, 6.45) is -4.14. The molecule has 2 saturated heterocycles. The van der Waals surface area contributed by atoms with E-state index in [4.69, 9.17) is 14.6 Å². The molecule has 1 amide bonds. The van der Waals surface area contributed by atoms with Crippen molar-refractivity contribution in [2.45, 2.75) is 18.7 Å². The van der Waals surface area contributed by atoms with Gasteiger partial charge in [-0.2, -0.15) is 13.2 Å². The molecule has 1 aromatic rings. The number of carboxylic acids is 1. The highest BCUT2D eigenvalue weighted by molar-refractivity contribution is 5.95. The van der Waals surface area contributed by atoms with E-state index in [9.17, 15) is 18.0 Å². The van der Waals surface area contributed by atoms with Gasteiger partial charge in [0, 0.05) is 18.8 Å². The van der Waals surface area contributed by atoms with Gasteiger partial charge < -0.3 is 19.6 Å². The van der Waals surface area contributed by atoms with Gasteiger partial charge in [-0.05, 0) is 32.1 Å². The zero-order chi connectivity index (χ0) is 19.3. The number of likely N-dealkylation sites (N-methyl/N-ethyl adjacent to an activating group) is 1.